The third-order valence-electron chi connectivity index (χ3n) is 4.90. The van der Waals surface area contributed by atoms with Crippen LogP contribution in [0, 0.1) is 0 Å². The van der Waals surface area contributed by atoms with Crippen molar-refractivity contribution in [2.75, 3.05) is 17.8 Å². The molecule has 3 aromatic rings. The lowest BCUT2D eigenvalue weighted by atomic mass is 10.1. The summed E-state index contributed by atoms with van der Waals surface area (Å²) < 4.78 is 18.0. The summed E-state index contributed by atoms with van der Waals surface area (Å²) in [6.45, 7) is 4.70. The number of carbonyl (C=O) groups is 2. The molecule has 0 aliphatic carbocycles. The molecule has 34 heavy (non-hydrogen) atoms. The van der Waals surface area contributed by atoms with Crippen LogP contribution in [0.3, 0.4) is 0 Å². The van der Waals surface area contributed by atoms with E-state index in [2.05, 4.69) is 31.1 Å². The number of ether oxygens (including phenoxy) is 3. The van der Waals surface area contributed by atoms with Crippen LogP contribution in [-0.4, -0.2) is 39.9 Å². The Hall–Kier alpha value is -3.18. The van der Waals surface area contributed by atoms with Gasteiger partial charge in [0, 0.05) is 23.9 Å². The number of anilines is 1. The number of fused-ring (bicyclic) bond motifs is 3. The SMILES string of the molecule is CCSc1nnc2c(n1)O[C@@H](c1cc(Br)cc(OC)c1OC(C)=O)N(C(C)=O)c1ccccc1-2. The lowest BCUT2D eigenvalue weighted by molar-refractivity contribution is -0.132. The van der Waals surface area contributed by atoms with Crippen LogP contribution in [0.2, 0.25) is 0 Å². The third-order valence-corrected chi connectivity index (χ3v) is 6.08. The molecule has 11 heteroatoms. The number of nitrogens with zero attached hydrogens (tertiary/aromatic N) is 4. The molecule has 0 unspecified atom stereocenters. The summed E-state index contributed by atoms with van der Waals surface area (Å²) in [7, 11) is 1.46. The fourth-order valence-corrected chi connectivity index (χ4v) is 4.58. The fourth-order valence-electron chi connectivity index (χ4n) is 3.62. The first kappa shape index (κ1) is 24.0. The van der Waals surface area contributed by atoms with Gasteiger partial charge in [-0.3, -0.25) is 14.5 Å². The summed E-state index contributed by atoms with van der Waals surface area (Å²) in [5.74, 6) is 0.553. The monoisotopic (exact) mass is 544 g/mol. The maximum Gasteiger partial charge on any atom is 0.308 e. The van der Waals surface area contributed by atoms with Crippen LogP contribution in [0.4, 0.5) is 5.69 Å². The highest BCUT2D eigenvalue weighted by atomic mass is 79.9. The zero-order valence-corrected chi connectivity index (χ0v) is 21.3. The molecule has 1 amide bonds. The van der Waals surface area contributed by atoms with E-state index in [1.165, 1.54) is 37.6 Å². The molecule has 1 aromatic heterocycles. The number of rotatable bonds is 5. The van der Waals surface area contributed by atoms with Gasteiger partial charge in [-0.15, -0.1) is 10.2 Å². The highest BCUT2D eigenvalue weighted by molar-refractivity contribution is 9.10. The number of para-hydroxylation sites is 1. The number of esters is 1. The van der Waals surface area contributed by atoms with Crippen LogP contribution in [0.25, 0.3) is 11.3 Å². The lowest BCUT2D eigenvalue weighted by Gasteiger charge is -2.31. The Morgan fingerprint density at radius 2 is 1.97 bits per heavy atom. The normalized spacial score (nSPS) is 14.4. The van der Waals surface area contributed by atoms with E-state index in [-0.39, 0.29) is 17.5 Å². The predicted octanol–water partition coefficient (Wildman–Crippen LogP) is 4.79. The molecule has 0 N–H and O–H groups in total. The minimum atomic E-state index is -1.04. The number of halogens is 1. The number of methoxy groups -OCH3 is 1. The number of carbonyl (C=O) groups excluding carboxylic acids is 2. The van der Waals surface area contributed by atoms with Crippen LogP contribution in [0.1, 0.15) is 32.6 Å². The zero-order chi connectivity index (χ0) is 24.4. The van der Waals surface area contributed by atoms with Gasteiger partial charge in [-0.25, -0.2) is 0 Å². The molecule has 1 atom stereocenters. The average Bonchev–Trinajstić information content (AvgIpc) is 2.94. The lowest BCUT2D eigenvalue weighted by Crippen LogP contribution is -2.36. The van der Waals surface area contributed by atoms with Crippen molar-refractivity contribution in [3.63, 3.8) is 0 Å². The number of amides is 1. The molecular formula is C23H21BrN4O5S. The van der Waals surface area contributed by atoms with E-state index in [1.807, 2.05) is 25.1 Å². The Morgan fingerprint density at radius 1 is 1.21 bits per heavy atom. The summed E-state index contributed by atoms with van der Waals surface area (Å²) in [5.41, 5.74) is 1.99. The maximum absolute atomic E-state index is 13.0. The Labute approximate surface area is 209 Å². The third kappa shape index (κ3) is 4.58. The molecule has 1 aliphatic rings. The molecule has 9 nitrogen and oxygen atoms in total. The second-order valence-electron chi connectivity index (χ2n) is 7.18. The first-order valence-corrected chi connectivity index (χ1v) is 12.1. The standard InChI is InChI=1S/C23H21BrN4O5S/c1-5-34-23-25-21-19(26-27-23)15-8-6-7-9-17(15)28(12(2)29)22(33-21)16-10-14(24)11-18(31-4)20(16)32-13(3)30/h6-11,22H,5H2,1-4H3/t22-/m0/s1. The second-order valence-corrected chi connectivity index (χ2v) is 9.32. The molecule has 2 aromatic carbocycles. The van der Waals surface area contributed by atoms with Gasteiger partial charge in [0.05, 0.1) is 18.4 Å². The van der Waals surface area contributed by atoms with Crippen LogP contribution in [0.15, 0.2) is 46.0 Å². The van der Waals surface area contributed by atoms with Gasteiger partial charge in [-0.2, -0.15) is 4.98 Å². The molecular weight excluding hydrogens is 524 g/mol. The number of aromatic nitrogens is 3. The van der Waals surface area contributed by atoms with Crippen LogP contribution < -0.4 is 19.1 Å². The van der Waals surface area contributed by atoms with E-state index in [9.17, 15) is 9.59 Å². The van der Waals surface area contributed by atoms with E-state index in [4.69, 9.17) is 14.2 Å². The van der Waals surface area contributed by atoms with Gasteiger partial charge in [0.1, 0.15) is 0 Å². The van der Waals surface area contributed by atoms with Crippen molar-refractivity contribution in [2.45, 2.75) is 32.2 Å². The Kier molecular flexibility index (Phi) is 7.03. The van der Waals surface area contributed by atoms with Gasteiger partial charge in [-0.05, 0) is 24.0 Å². The second kappa shape index (κ2) is 9.98. The topological polar surface area (TPSA) is 104 Å². The largest absolute Gasteiger partial charge is 0.493 e. The maximum atomic E-state index is 13.0. The van der Waals surface area contributed by atoms with E-state index in [0.29, 0.717) is 37.9 Å². The number of hydrogen-bond acceptors (Lipinski definition) is 9. The van der Waals surface area contributed by atoms with Crippen molar-refractivity contribution in [3.8, 4) is 28.6 Å². The van der Waals surface area contributed by atoms with Crippen molar-refractivity contribution >= 4 is 45.3 Å². The number of benzene rings is 2. The Balaban J connectivity index is 2.01. The molecule has 4 rings (SSSR count). The van der Waals surface area contributed by atoms with Crippen molar-refractivity contribution in [1.29, 1.82) is 0 Å². The molecule has 0 radical (unpaired) electrons. The van der Waals surface area contributed by atoms with Gasteiger partial charge in [0.25, 0.3) is 0 Å². The Bertz CT molecular complexity index is 1270. The van der Waals surface area contributed by atoms with Gasteiger partial charge in [-0.1, -0.05) is 52.8 Å². The molecule has 0 spiro atoms. The van der Waals surface area contributed by atoms with E-state index in [1.54, 1.807) is 18.2 Å². The quantitative estimate of drug-likeness (QED) is 0.254. The average molecular weight is 545 g/mol. The highest BCUT2D eigenvalue weighted by Gasteiger charge is 2.37. The van der Waals surface area contributed by atoms with E-state index in [0.717, 1.165) is 5.75 Å². The first-order chi connectivity index (χ1) is 16.3. The minimum Gasteiger partial charge on any atom is -0.493 e. The molecule has 1 aliphatic heterocycles. The van der Waals surface area contributed by atoms with Gasteiger partial charge in [0.2, 0.25) is 23.2 Å². The molecule has 0 fully saturated rings. The molecule has 0 bridgehead atoms. The summed E-state index contributed by atoms with van der Waals surface area (Å²) in [6.07, 6.45) is -1.04. The molecule has 0 saturated heterocycles. The number of thioether (sulfide) groups is 1. The van der Waals surface area contributed by atoms with Gasteiger partial charge >= 0.3 is 5.97 Å². The summed E-state index contributed by atoms with van der Waals surface area (Å²) in [6, 6.07) is 10.6. The minimum absolute atomic E-state index is 0.139. The van der Waals surface area contributed by atoms with Gasteiger partial charge < -0.3 is 14.2 Å². The predicted molar refractivity (Wildman–Crippen MR) is 130 cm³/mol. The smallest absolute Gasteiger partial charge is 0.308 e. The molecule has 2 heterocycles. The van der Waals surface area contributed by atoms with E-state index >= 15 is 0 Å². The summed E-state index contributed by atoms with van der Waals surface area (Å²) in [5, 5.41) is 9.02. The van der Waals surface area contributed by atoms with E-state index < -0.39 is 12.2 Å². The first-order valence-electron chi connectivity index (χ1n) is 10.3. The van der Waals surface area contributed by atoms with Crippen LogP contribution in [-0.2, 0) is 9.59 Å². The van der Waals surface area contributed by atoms with Crippen molar-refractivity contribution in [2.24, 2.45) is 0 Å². The summed E-state index contributed by atoms with van der Waals surface area (Å²) in [4.78, 5) is 31.0. The molecule has 176 valence electrons. The van der Waals surface area contributed by atoms with Crippen molar-refractivity contribution < 1.29 is 23.8 Å². The van der Waals surface area contributed by atoms with Crippen molar-refractivity contribution in [3.05, 3.63) is 46.4 Å². The fraction of sp³-hybridized carbons (Fsp3) is 0.261. The van der Waals surface area contributed by atoms with Crippen LogP contribution >= 0.6 is 27.7 Å². The van der Waals surface area contributed by atoms with Gasteiger partial charge in [0.15, 0.2) is 17.2 Å². The molecule has 0 saturated carbocycles. The zero-order valence-electron chi connectivity index (χ0n) is 18.9. The summed E-state index contributed by atoms with van der Waals surface area (Å²) >= 11 is 4.89. The Morgan fingerprint density at radius 3 is 2.65 bits per heavy atom. The highest BCUT2D eigenvalue weighted by Crippen LogP contribution is 2.47. The van der Waals surface area contributed by atoms with Crippen molar-refractivity contribution in [1.82, 2.24) is 15.2 Å². The number of hydrogen-bond donors (Lipinski definition) is 0. The van der Waals surface area contributed by atoms with Crippen LogP contribution in [0.5, 0.6) is 17.4 Å².